The lowest BCUT2D eigenvalue weighted by Crippen LogP contribution is -2.37. The van der Waals surface area contributed by atoms with Gasteiger partial charge in [0.25, 0.3) is 7.82 Å². The van der Waals surface area contributed by atoms with Crippen LogP contribution in [0.4, 0.5) is 0 Å². The standard InChI is InChI=1S/C48H76NO8P/c1-6-8-10-12-14-16-18-20-21-22-23-24-25-26-27-29-30-32-34-36-38-40-47(50)54-44-46(45-56-58(52,53)55-43-42-49(3,4)5)57-48(51)41-39-37-35-33-31-28-19-17-15-13-11-9-7-2/h9,11,13-17,19-21,23-24,26-28,30-33,35,46H,6-8,10,12,18,22,25,29,34,36-45H2,1-5H3/b11-9+,15-13+,16-14+,19-17+,21-20+,24-23+,27-26+,31-28+,32-30+,35-33+. The second-order valence-electron chi connectivity index (χ2n) is 14.7. The maximum Gasteiger partial charge on any atom is 0.306 e. The molecule has 0 amide bonds. The molecule has 326 valence electrons. The van der Waals surface area contributed by atoms with E-state index in [9.17, 15) is 19.0 Å². The van der Waals surface area contributed by atoms with Crippen LogP contribution in [0, 0.1) is 0 Å². The second-order valence-corrected chi connectivity index (χ2v) is 16.1. The van der Waals surface area contributed by atoms with Gasteiger partial charge in [0.2, 0.25) is 0 Å². The van der Waals surface area contributed by atoms with Gasteiger partial charge in [0.1, 0.15) is 19.8 Å². The van der Waals surface area contributed by atoms with E-state index in [1.807, 2.05) is 75.8 Å². The highest BCUT2D eigenvalue weighted by atomic mass is 31.2. The first-order valence-corrected chi connectivity index (χ1v) is 22.8. The van der Waals surface area contributed by atoms with Crippen molar-refractivity contribution in [2.75, 3.05) is 47.5 Å². The van der Waals surface area contributed by atoms with Crippen LogP contribution in [-0.4, -0.2) is 70.0 Å². The molecule has 0 spiro atoms. The third-order valence-corrected chi connectivity index (χ3v) is 9.06. The van der Waals surface area contributed by atoms with Crippen LogP contribution in [-0.2, 0) is 32.7 Å². The van der Waals surface area contributed by atoms with Gasteiger partial charge in [-0.15, -0.1) is 0 Å². The van der Waals surface area contributed by atoms with Gasteiger partial charge in [0.05, 0.1) is 27.7 Å². The zero-order valence-corrected chi connectivity index (χ0v) is 37.3. The fourth-order valence-corrected chi connectivity index (χ4v) is 5.49. The van der Waals surface area contributed by atoms with E-state index in [0.29, 0.717) is 30.3 Å². The largest absolute Gasteiger partial charge is 0.756 e. The molecule has 0 aromatic heterocycles. The van der Waals surface area contributed by atoms with Crippen molar-refractivity contribution in [2.45, 2.75) is 123 Å². The Labute approximate surface area is 352 Å². The van der Waals surface area contributed by atoms with Crippen LogP contribution in [0.3, 0.4) is 0 Å². The summed E-state index contributed by atoms with van der Waals surface area (Å²) in [6, 6.07) is 0. The Bertz CT molecular complexity index is 1390. The van der Waals surface area contributed by atoms with Crippen LogP contribution in [0.15, 0.2) is 122 Å². The molecule has 2 unspecified atom stereocenters. The monoisotopic (exact) mass is 826 g/mol. The highest BCUT2D eigenvalue weighted by Gasteiger charge is 2.21. The smallest absolute Gasteiger partial charge is 0.306 e. The van der Waals surface area contributed by atoms with E-state index in [2.05, 4.69) is 80.7 Å². The van der Waals surface area contributed by atoms with Gasteiger partial charge in [-0.2, -0.15) is 0 Å². The van der Waals surface area contributed by atoms with Gasteiger partial charge in [-0.1, -0.05) is 148 Å². The van der Waals surface area contributed by atoms with Gasteiger partial charge in [0, 0.05) is 12.8 Å². The van der Waals surface area contributed by atoms with E-state index < -0.39 is 32.5 Å². The topological polar surface area (TPSA) is 111 Å². The number of ether oxygens (including phenoxy) is 2. The molecule has 2 atom stereocenters. The van der Waals surface area contributed by atoms with Crippen LogP contribution in [0.25, 0.3) is 0 Å². The first-order chi connectivity index (χ1) is 28.0. The van der Waals surface area contributed by atoms with Crippen molar-refractivity contribution in [3.8, 4) is 0 Å². The Morgan fingerprint density at radius 3 is 1.59 bits per heavy atom. The molecule has 0 radical (unpaired) electrons. The van der Waals surface area contributed by atoms with Gasteiger partial charge in [-0.05, 0) is 77.0 Å². The van der Waals surface area contributed by atoms with Crippen molar-refractivity contribution >= 4 is 19.8 Å². The maximum absolute atomic E-state index is 12.6. The number of nitrogens with zero attached hydrogens (tertiary/aromatic N) is 1. The number of hydrogen-bond acceptors (Lipinski definition) is 8. The predicted octanol–water partition coefficient (Wildman–Crippen LogP) is 11.5. The number of likely N-dealkylation sites (N-methyl/N-ethyl adjacent to an activating group) is 1. The number of phosphoric ester groups is 1. The average Bonchev–Trinajstić information content (AvgIpc) is 3.17. The molecular weight excluding hydrogens is 750 g/mol. The summed E-state index contributed by atoms with van der Waals surface area (Å²) in [5, 5.41) is 0. The second kappa shape index (κ2) is 38.9. The molecule has 0 rings (SSSR count). The normalized spacial score (nSPS) is 14.8. The van der Waals surface area contributed by atoms with E-state index in [1.165, 1.54) is 25.7 Å². The van der Waals surface area contributed by atoms with Crippen molar-refractivity contribution in [3.05, 3.63) is 122 Å². The molecule has 0 saturated carbocycles. The number of carbonyl (C=O) groups excluding carboxylic acids is 2. The first-order valence-electron chi connectivity index (χ1n) is 21.3. The summed E-state index contributed by atoms with van der Waals surface area (Å²) in [5.74, 6) is -0.988. The predicted molar refractivity (Wildman–Crippen MR) is 240 cm³/mol. The van der Waals surface area contributed by atoms with Gasteiger partial charge in [-0.3, -0.25) is 14.2 Å². The van der Waals surface area contributed by atoms with E-state index in [-0.39, 0.29) is 26.1 Å². The average molecular weight is 826 g/mol. The molecule has 0 bridgehead atoms. The Morgan fingerprint density at radius 1 is 0.569 bits per heavy atom. The molecule has 0 heterocycles. The summed E-state index contributed by atoms with van der Waals surface area (Å²) in [6.45, 7) is 3.87. The molecule has 0 fully saturated rings. The zero-order valence-electron chi connectivity index (χ0n) is 36.4. The Balaban J connectivity index is 4.56. The molecular formula is C48H76NO8P. The highest BCUT2D eigenvalue weighted by molar-refractivity contribution is 7.45. The Kier molecular flexibility index (Phi) is 36.5. The van der Waals surface area contributed by atoms with Crippen molar-refractivity contribution in [1.29, 1.82) is 0 Å². The number of quaternary nitrogens is 1. The number of carbonyl (C=O) groups is 2. The minimum absolute atomic E-state index is 0.0594. The number of allylic oxidation sites excluding steroid dienone is 20. The highest BCUT2D eigenvalue weighted by Crippen LogP contribution is 2.38. The lowest BCUT2D eigenvalue weighted by atomic mass is 10.2. The quantitative estimate of drug-likeness (QED) is 0.0153. The summed E-state index contributed by atoms with van der Waals surface area (Å²) >= 11 is 0. The number of rotatable bonds is 36. The molecule has 0 N–H and O–H groups in total. The SMILES string of the molecule is CC/C=C/C=C/C=C/C=C/C=C/CCCC(=O)OC(COC(=O)CCCC/C=C/C/C=C/C/C=C/C/C=C/C/C=C/CCCCC)COP(=O)([O-])OCC[N+](C)(C)C. The third-order valence-electron chi connectivity index (χ3n) is 8.09. The number of esters is 2. The molecule has 0 saturated heterocycles. The van der Waals surface area contributed by atoms with E-state index in [1.54, 1.807) is 0 Å². The van der Waals surface area contributed by atoms with Crippen LogP contribution < -0.4 is 4.89 Å². The molecule has 0 aliphatic carbocycles. The number of unbranched alkanes of at least 4 members (excludes halogenated alkanes) is 6. The van der Waals surface area contributed by atoms with Gasteiger partial charge in [0.15, 0.2) is 6.10 Å². The summed E-state index contributed by atoms with van der Waals surface area (Å²) in [4.78, 5) is 37.4. The van der Waals surface area contributed by atoms with Crippen molar-refractivity contribution in [3.63, 3.8) is 0 Å². The molecule has 0 aromatic carbocycles. The van der Waals surface area contributed by atoms with E-state index >= 15 is 0 Å². The first kappa shape index (κ1) is 54.4. The Hall–Kier alpha value is -3.59. The molecule has 58 heavy (non-hydrogen) atoms. The summed E-state index contributed by atoms with van der Waals surface area (Å²) in [6.07, 6.45) is 53.9. The minimum atomic E-state index is -4.66. The van der Waals surface area contributed by atoms with Crippen molar-refractivity contribution < 1.29 is 42.1 Å². The molecule has 0 aliphatic rings. The molecule has 9 nitrogen and oxygen atoms in total. The van der Waals surface area contributed by atoms with Gasteiger partial charge < -0.3 is 27.9 Å². The van der Waals surface area contributed by atoms with Crippen LogP contribution in [0.2, 0.25) is 0 Å². The maximum atomic E-state index is 12.6. The zero-order chi connectivity index (χ0) is 42.8. The van der Waals surface area contributed by atoms with Crippen molar-refractivity contribution in [2.24, 2.45) is 0 Å². The molecule has 0 aromatic rings. The minimum Gasteiger partial charge on any atom is -0.756 e. The lowest BCUT2D eigenvalue weighted by molar-refractivity contribution is -0.870. The van der Waals surface area contributed by atoms with E-state index in [0.717, 1.165) is 44.9 Å². The fourth-order valence-electron chi connectivity index (χ4n) is 4.76. The molecule has 10 heteroatoms. The van der Waals surface area contributed by atoms with Gasteiger partial charge in [-0.25, -0.2) is 0 Å². The summed E-state index contributed by atoms with van der Waals surface area (Å²) in [7, 11) is 1.07. The summed E-state index contributed by atoms with van der Waals surface area (Å²) < 4.78 is 33.7. The fraction of sp³-hybridized carbons (Fsp3) is 0.542. The van der Waals surface area contributed by atoms with Crippen LogP contribution in [0.1, 0.15) is 117 Å². The molecule has 0 aliphatic heterocycles. The van der Waals surface area contributed by atoms with E-state index in [4.69, 9.17) is 18.5 Å². The number of hydrogen-bond donors (Lipinski definition) is 0. The van der Waals surface area contributed by atoms with Crippen LogP contribution in [0.5, 0.6) is 0 Å². The Morgan fingerprint density at radius 2 is 1.05 bits per heavy atom. The van der Waals surface area contributed by atoms with Crippen LogP contribution >= 0.6 is 7.82 Å². The lowest BCUT2D eigenvalue weighted by Gasteiger charge is -2.28. The number of phosphoric acid groups is 1. The third kappa shape index (κ3) is 42.0. The summed E-state index contributed by atoms with van der Waals surface area (Å²) in [5.41, 5.74) is 0. The van der Waals surface area contributed by atoms with Crippen molar-refractivity contribution in [1.82, 2.24) is 0 Å². The van der Waals surface area contributed by atoms with Gasteiger partial charge >= 0.3 is 11.9 Å².